The van der Waals surface area contributed by atoms with E-state index in [9.17, 15) is 0 Å². The normalized spacial score (nSPS) is 25.2. The molecule has 3 atom stereocenters. The summed E-state index contributed by atoms with van der Waals surface area (Å²) in [7, 11) is 0. The van der Waals surface area contributed by atoms with Gasteiger partial charge in [0.05, 0.1) is 12.2 Å². The van der Waals surface area contributed by atoms with Gasteiger partial charge in [0.1, 0.15) is 0 Å². The van der Waals surface area contributed by atoms with E-state index in [1.54, 1.807) is 0 Å². The van der Waals surface area contributed by atoms with Crippen LogP contribution in [0.3, 0.4) is 0 Å². The minimum atomic E-state index is 0.266. The lowest BCUT2D eigenvalue weighted by Gasteiger charge is -2.31. The molecule has 0 aromatic heterocycles. The molecule has 0 N–H and O–H groups in total. The van der Waals surface area contributed by atoms with Gasteiger partial charge < -0.3 is 4.74 Å². The molecule has 2 heteroatoms. The van der Waals surface area contributed by atoms with Crippen molar-refractivity contribution in [2.45, 2.75) is 58.2 Å². The molecule has 1 aliphatic rings. The van der Waals surface area contributed by atoms with Crippen LogP contribution in [0.15, 0.2) is 24.3 Å². The van der Waals surface area contributed by atoms with Crippen molar-refractivity contribution in [2.75, 3.05) is 4.43 Å². The van der Waals surface area contributed by atoms with E-state index < -0.39 is 0 Å². The average molecular weight is 372 g/mol. The topological polar surface area (TPSA) is 9.23 Å². The summed E-state index contributed by atoms with van der Waals surface area (Å²) in [5.74, 6) is 0.880. The summed E-state index contributed by atoms with van der Waals surface area (Å²) in [6.45, 7) is 4.50. The maximum absolute atomic E-state index is 6.43. The first kappa shape index (κ1) is 15.3. The van der Waals surface area contributed by atoms with Crippen LogP contribution in [-0.4, -0.2) is 10.5 Å². The predicted molar refractivity (Wildman–Crippen MR) is 89.9 cm³/mol. The smallest absolute Gasteiger partial charge is 0.0920 e. The summed E-state index contributed by atoms with van der Waals surface area (Å²) in [5.41, 5.74) is 2.72. The Bertz CT molecular complexity index is 391. The van der Waals surface area contributed by atoms with Crippen molar-refractivity contribution in [1.29, 1.82) is 0 Å². The van der Waals surface area contributed by atoms with Gasteiger partial charge in [-0.05, 0) is 36.8 Å². The van der Waals surface area contributed by atoms with Crippen molar-refractivity contribution >= 4 is 22.6 Å². The fraction of sp³-hybridized carbons (Fsp3) is 0.647. The summed E-state index contributed by atoms with van der Waals surface area (Å²) in [6.07, 6.45) is 7.28. The maximum Gasteiger partial charge on any atom is 0.0920 e. The number of benzene rings is 1. The quantitative estimate of drug-likeness (QED) is 0.493. The molecule has 0 aliphatic heterocycles. The fourth-order valence-electron chi connectivity index (χ4n) is 3.11. The highest BCUT2D eigenvalue weighted by Gasteiger charge is 2.24. The summed E-state index contributed by atoms with van der Waals surface area (Å²) in [5, 5.41) is 0. The summed E-state index contributed by atoms with van der Waals surface area (Å²) in [6, 6.07) is 8.64. The Morgan fingerprint density at radius 1 is 1.32 bits per heavy atom. The Hall–Kier alpha value is -0.0900. The van der Waals surface area contributed by atoms with Crippen LogP contribution in [0.5, 0.6) is 0 Å². The number of rotatable bonds is 5. The molecule has 106 valence electrons. The van der Waals surface area contributed by atoms with Gasteiger partial charge in [-0.25, -0.2) is 0 Å². The van der Waals surface area contributed by atoms with Crippen LogP contribution in [0.25, 0.3) is 0 Å². The lowest BCUT2D eigenvalue weighted by atomic mass is 9.85. The van der Waals surface area contributed by atoms with Crippen LogP contribution >= 0.6 is 22.6 Å². The first-order valence-corrected chi connectivity index (χ1v) is 9.04. The van der Waals surface area contributed by atoms with Crippen molar-refractivity contribution in [3.8, 4) is 0 Å². The lowest BCUT2D eigenvalue weighted by Crippen LogP contribution is -2.25. The van der Waals surface area contributed by atoms with E-state index in [4.69, 9.17) is 4.74 Å². The second-order valence-corrected chi connectivity index (χ2v) is 6.58. The minimum absolute atomic E-state index is 0.266. The van der Waals surface area contributed by atoms with Gasteiger partial charge >= 0.3 is 0 Å². The Kier molecular flexibility index (Phi) is 6.14. The second-order valence-electron chi connectivity index (χ2n) is 5.70. The van der Waals surface area contributed by atoms with Gasteiger partial charge in [0, 0.05) is 4.43 Å². The number of aryl methyl sites for hydroxylation is 1. The summed E-state index contributed by atoms with van der Waals surface area (Å²) < 4.78 is 7.47. The third kappa shape index (κ3) is 4.19. The van der Waals surface area contributed by atoms with E-state index in [0.29, 0.717) is 6.10 Å². The standard InChI is InChI=1S/C17H25IO/c1-3-14-8-6-9-15(11-14)19-17(12-18)16-10-5-4-7-13(16)2/h4-5,7,10,14-15,17H,3,6,8-9,11-12H2,1-2H3. The van der Waals surface area contributed by atoms with E-state index in [1.165, 1.54) is 43.2 Å². The first-order valence-electron chi connectivity index (χ1n) is 7.51. The van der Waals surface area contributed by atoms with Crippen molar-refractivity contribution in [3.05, 3.63) is 35.4 Å². The van der Waals surface area contributed by atoms with Crippen LogP contribution in [0.2, 0.25) is 0 Å². The Morgan fingerprint density at radius 2 is 2.11 bits per heavy atom. The highest BCUT2D eigenvalue weighted by molar-refractivity contribution is 14.1. The van der Waals surface area contributed by atoms with E-state index >= 15 is 0 Å². The van der Waals surface area contributed by atoms with E-state index in [-0.39, 0.29) is 6.10 Å². The molecule has 1 aromatic carbocycles. The van der Waals surface area contributed by atoms with E-state index in [1.807, 2.05) is 0 Å². The first-order chi connectivity index (χ1) is 9.24. The molecule has 0 radical (unpaired) electrons. The molecular formula is C17H25IO. The van der Waals surface area contributed by atoms with Crippen LogP contribution in [0.4, 0.5) is 0 Å². The largest absolute Gasteiger partial charge is 0.369 e. The molecule has 1 aliphatic carbocycles. The molecule has 0 spiro atoms. The number of alkyl halides is 1. The van der Waals surface area contributed by atoms with Crippen LogP contribution < -0.4 is 0 Å². The van der Waals surface area contributed by atoms with Gasteiger partial charge in [0.15, 0.2) is 0 Å². The number of hydrogen-bond donors (Lipinski definition) is 0. The van der Waals surface area contributed by atoms with E-state index in [0.717, 1.165) is 10.3 Å². The Morgan fingerprint density at radius 3 is 2.79 bits per heavy atom. The minimum Gasteiger partial charge on any atom is -0.369 e. The molecule has 2 rings (SSSR count). The van der Waals surface area contributed by atoms with Gasteiger partial charge in [0.25, 0.3) is 0 Å². The highest BCUT2D eigenvalue weighted by Crippen LogP contribution is 2.33. The molecule has 1 saturated carbocycles. The number of ether oxygens (including phenoxy) is 1. The van der Waals surface area contributed by atoms with Crippen LogP contribution in [-0.2, 0) is 4.74 Å². The lowest BCUT2D eigenvalue weighted by molar-refractivity contribution is -0.0307. The fourth-order valence-corrected chi connectivity index (χ4v) is 3.79. The predicted octanol–water partition coefficient (Wildman–Crippen LogP) is 5.46. The average Bonchev–Trinajstić information content (AvgIpc) is 2.46. The number of hydrogen-bond acceptors (Lipinski definition) is 1. The zero-order valence-corrected chi connectivity index (χ0v) is 14.2. The van der Waals surface area contributed by atoms with Crippen molar-refractivity contribution < 1.29 is 4.74 Å². The molecule has 1 fully saturated rings. The molecular weight excluding hydrogens is 347 g/mol. The molecule has 0 saturated heterocycles. The van der Waals surface area contributed by atoms with Crippen molar-refractivity contribution in [1.82, 2.24) is 0 Å². The Labute approximate surface area is 131 Å². The summed E-state index contributed by atoms with van der Waals surface area (Å²) >= 11 is 2.46. The van der Waals surface area contributed by atoms with Crippen molar-refractivity contribution in [3.63, 3.8) is 0 Å². The van der Waals surface area contributed by atoms with Crippen molar-refractivity contribution in [2.24, 2.45) is 5.92 Å². The molecule has 3 unspecified atom stereocenters. The van der Waals surface area contributed by atoms with Gasteiger partial charge in [-0.1, -0.05) is 73.0 Å². The van der Waals surface area contributed by atoms with Crippen LogP contribution in [0, 0.1) is 12.8 Å². The third-order valence-electron chi connectivity index (χ3n) is 4.34. The summed E-state index contributed by atoms with van der Waals surface area (Å²) in [4.78, 5) is 0. The molecule has 0 heterocycles. The Balaban J connectivity index is 2.01. The highest BCUT2D eigenvalue weighted by atomic mass is 127. The van der Waals surface area contributed by atoms with Gasteiger partial charge in [0.2, 0.25) is 0 Å². The SMILES string of the molecule is CCC1CCCC(OC(CI)c2ccccc2C)C1. The second kappa shape index (κ2) is 7.63. The third-order valence-corrected chi connectivity index (χ3v) is 5.14. The molecule has 0 amide bonds. The van der Waals surface area contributed by atoms with Crippen LogP contribution in [0.1, 0.15) is 56.3 Å². The molecule has 1 aromatic rings. The van der Waals surface area contributed by atoms with Gasteiger partial charge in [-0.3, -0.25) is 0 Å². The maximum atomic E-state index is 6.43. The monoisotopic (exact) mass is 372 g/mol. The van der Waals surface area contributed by atoms with Gasteiger partial charge in [-0.15, -0.1) is 0 Å². The molecule has 0 bridgehead atoms. The number of halogens is 1. The van der Waals surface area contributed by atoms with Gasteiger partial charge in [-0.2, -0.15) is 0 Å². The zero-order valence-electron chi connectivity index (χ0n) is 12.1. The molecule has 19 heavy (non-hydrogen) atoms. The van der Waals surface area contributed by atoms with E-state index in [2.05, 4.69) is 60.7 Å². The molecule has 1 nitrogen and oxygen atoms in total. The zero-order chi connectivity index (χ0) is 13.7.